The Morgan fingerprint density at radius 2 is 2.14 bits per heavy atom. The highest BCUT2D eigenvalue weighted by Gasteiger charge is 2.21. The number of hydrogen-bond donors (Lipinski definition) is 1. The van der Waals surface area contributed by atoms with E-state index in [0.29, 0.717) is 25.3 Å². The van der Waals surface area contributed by atoms with Crippen LogP contribution in [-0.4, -0.2) is 40.2 Å². The zero-order valence-electron chi connectivity index (χ0n) is 16.2. The summed E-state index contributed by atoms with van der Waals surface area (Å²) in [6.45, 7) is 5.06. The number of nitrogens with zero attached hydrogens (tertiary/aromatic N) is 3. The lowest BCUT2D eigenvalue weighted by Gasteiger charge is -2.23. The van der Waals surface area contributed by atoms with E-state index in [-0.39, 0.29) is 5.91 Å². The summed E-state index contributed by atoms with van der Waals surface area (Å²) in [4.78, 5) is 21.5. The fraction of sp³-hybridized carbons (Fsp3) is 0.476. The number of carbonyl (C=O) groups is 1. The lowest BCUT2D eigenvalue weighted by Crippen LogP contribution is -2.28. The molecule has 6 nitrogen and oxygen atoms in total. The van der Waals surface area contributed by atoms with Crippen LogP contribution in [0.15, 0.2) is 30.5 Å². The highest BCUT2D eigenvalue weighted by Crippen LogP contribution is 2.26. The van der Waals surface area contributed by atoms with Gasteiger partial charge in [0.15, 0.2) is 0 Å². The Morgan fingerprint density at radius 3 is 2.96 bits per heavy atom. The lowest BCUT2D eigenvalue weighted by atomic mass is 9.99. The van der Waals surface area contributed by atoms with Crippen LogP contribution in [0.3, 0.4) is 0 Å². The summed E-state index contributed by atoms with van der Waals surface area (Å²) in [7, 11) is 0. The van der Waals surface area contributed by atoms with E-state index in [1.807, 2.05) is 24.4 Å². The van der Waals surface area contributed by atoms with Gasteiger partial charge in [0.25, 0.3) is 0 Å². The fourth-order valence-electron chi connectivity index (χ4n) is 3.69. The van der Waals surface area contributed by atoms with Crippen LogP contribution in [0.1, 0.15) is 41.7 Å². The van der Waals surface area contributed by atoms with Gasteiger partial charge in [-0.2, -0.15) is 0 Å². The molecule has 0 aliphatic carbocycles. The summed E-state index contributed by atoms with van der Waals surface area (Å²) < 4.78 is 8.88. The van der Waals surface area contributed by atoms with Crippen molar-refractivity contribution in [3.05, 3.63) is 47.0 Å². The summed E-state index contributed by atoms with van der Waals surface area (Å²) in [6, 6.07) is 8.09. The van der Waals surface area contributed by atoms with Gasteiger partial charge >= 0.3 is 0 Å². The summed E-state index contributed by atoms with van der Waals surface area (Å²) in [5.41, 5.74) is 2.16. The Hall–Kier alpha value is -2.25. The number of aryl methyl sites for hydroxylation is 2. The van der Waals surface area contributed by atoms with Crippen molar-refractivity contribution in [2.45, 2.75) is 45.1 Å². The van der Waals surface area contributed by atoms with E-state index in [1.54, 1.807) is 11.3 Å². The van der Waals surface area contributed by atoms with Crippen molar-refractivity contribution in [2.24, 2.45) is 0 Å². The molecule has 4 rings (SSSR count). The van der Waals surface area contributed by atoms with Gasteiger partial charge in [0.1, 0.15) is 5.82 Å². The Bertz CT molecular complexity index is 910. The van der Waals surface area contributed by atoms with Crippen molar-refractivity contribution in [3.8, 4) is 0 Å². The molecule has 1 aliphatic rings. The second-order valence-electron chi connectivity index (χ2n) is 7.22. The molecule has 0 radical (unpaired) electrons. The van der Waals surface area contributed by atoms with Crippen LogP contribution in [0, 0.1) is 6.92 Å². The molecule has 7 heteroatoms. The number of thiazole rings is 1. The van der Waals surface area contributed by atoms with E-state index in [0.717, 1.165) is 54.6 Å². The summed E-state index contributed by atoms with van der Waals surface area (Å²) in [5, 5.41) is 4.06. The molecular formula is C21H26N4O2S. The molecule has 1 aliphatic heterocycles. The smallest absolute Gasteiger partial charge is 0.220 e. The first-order chi connectivity index (χ1) is 13.7. The Kier molecular flexibility index (Phi) is 6.02. The number of imidazole rings is 1. The first-order valence-electron chi connectivity index (χ1n) is 9.91. The molecule has 0 atom stereocenters. The molecule has 28 heavy (non-hydrogen) atoms. The van der Waals surface area contributed by atoms with Gasteiger partial charge in [-0.15, -0.1) is 11.3 Å². The molecule has 3 aromatic rings. The molecule has 3 heterocycles. The molecule has 1 fully saturated rings. The second kappa shape index (κ2) is 8.84. The number of fused-ring (bicyclic) bond motifs is 1. The molecule has 1 amide bonds. The lowest BCUT2D eigenvalue weighted by molar-refractivity contribution is -0.121. The van der Waals surface area contributed by atoms with Crippen molar-refractivity contribution in [1.82, 2.24) is 19.9 Å². The van der Waals surface area contributed by atoms with Gasteiger partial charge in [0.05, 0.1) is 15.2 Å². The van der Waals surface area contributed by atoms with Gasteiger partial charge in [0, 0.05) is 57.0 Å². The predicted molar refractivity (Wildman–Crippen MR) is 111 cm³/mol. The van der Waals surface area contributed by atoms with Crippen molar-refractivity contribution < 1.29 is 9.53 Å². The van der Waals surface area contributed by atoms with Crippen LogP contribution in [-0.2, 0) is 22.5 Å². The number of ether oxygens (including phenoxy) is 1. The second-order valence-corrected chi connectivity index (χ2v) is 8.34. The molecular weight excluding hydrogens is 372 g/mol. The Balaban J connectivity index is 1.27. The standard InChI is InChI=1S/C21H26N4O2S/c1-15-14-23-21(16-8-12-27-13-9-16)25(15)11-10-22-19(26)6-7-20-24-17-4-2-3-5-18(17)28-20/h2-5,14,16H,6-13H2,1H3,(H,22,26). The number of carbonyl (C=O) groups excluding carboxylic acids is 1. The molecule has 1 aromatic carbocycles. The maximum absolute atomic E-state index is 12.3. The summed E-state index contributed by atoms with van der Waals surface area (Å²) >= 11 is 1.67. The van der Waals surface area contributed by atoms with Crippen LogP contribution in [0.2, 0.25) is 0 Å². The van der Waals surface area contributed by atoms with Crippen LogP contribution in [0.5, 0.6) is 0 Å². The Morgan fingerprint density at radius 1 is 1.32 bits per heavy atom. The third-order valence-electron chi connectivity index (χ3n) is 5.23. The number of hydrogen-bond acceptors (Lipinski definition) is 5. The van der Waals surface area contributed by atoms with Crippen molar-refractivity contribution in [2.75, 3.05) is 19.8 Å². The molecule has 2 aromatic heterocycles. The van der Waals surface area contributed by atoms with Crippen LogP contribution < -0.4 is 5.32 Å². The molecule has 1 N–H and O–H groups in total. The van der Waals surface area contributed by atoms with Gasteiger partial charge in [-0.05, 0) is 31.9 Å². The molecule has 1 saturated heterocycles. The van der Waals surface area contributed by atoms with E-state index >= 15 is 0 Å². The third-order valence-corrected chi connectivity index (χ3v) is 6.33. The van der Waals surface area contributed by atoms with E-state index < -0.39 is 0 Å². The minimum absolute atomic E-state index is 0.0737. The number of para-hydroxylation sites is 1. The van der Waals surface area contributed by atoms with Crippen molar-refractivity contribution in [3.63, 3.8) is 0 Å². The van der Waals surface area contributed by atoms with E-state index in [2.05, 4.69) is 32.8 Å². The minimum Gasteiger partial charge on any atom is -0.381 e. The third kappa shape index (κ3) is 4.42. The molecule has 0 unspecified atom stereocenters. The van der Waals surface area contributed by atoms with E-state index in [1.165, 1.54) is 4.70 Å². The van der Waals surface area contributed by atoms with Crippen molar-refractivity contribution >= 4 is 27.5 Å². The molecule has 0 spiro atoms. The maximum Gasteiger partial charge on any atom is 0.220 e. The summed E-state index contributed by atoms with van der Waals surface area (Å²) in [6.07, 6.45) is 5.12. The van der Waals surface area contributed by atoms with E-state index in [9.17, 15) is 4.79 Å². The largest absolute Gasteiger partial charge is 0.381 e. The zero-order valence-corrected chi connectivity index (χ0v) is 17.0. The van der Waals surface area contributed by atoms with Crippen LogP contribution in [0.4, 0.5) is 0 Å². The highest BCUT2D eigenvalue weighted by atomic mass is 32.1. The number of benzene rings is 1. The quantitative estimate of drug-likeness (QED) is 0.662. The first-order valence-corrected chi connectivity index (χ1v) is 10.7. The fourth-order valence-corrected chi connectivity index (χ4v) is 4.66. The average molecular weight is 399 g/mol. The predicted octanol–water partition coefficient (Wildman–Crippen LogP) is 3.44. The number of rotatable bonds is 7. The highest BCUT2D eigenvalue weighted by molar-refractivity contribution is 7.18. The van der Waals surface area contributed by atoms with Gasteiger partial charge in [-0.1, -0.05) is 12.1 Å². The average Bonchev–Trinajstić information content (AvgIpc) is 3.30. The molecule has 0 bridgehead atoms. The SMILES string of the molecule is Cc1cnc(C2CCOCC2)n1CCNC(=O)CCc1nc2ccccc2s1. The topological polar surface area (TPSA) is 69.0 Å². The van der Waals surface area contributed by atoms with Crippen LogP contribution >= 0.6 is 11.3 Å². The first kappa shape index (κ1) is 19.1. The Labute approximate surface area is 169 Å². The molecule has 0 saturated carbocycles. The summed E-state index contributed by atoms with van der Waals surface area (Å²) in [5.74, 6) is 1.66. The van der Waals surface area contributed by atoms with Gasteiger partial charge in [-0.25, -0.2) is 9.97 Å². The maximum atomic E-state index is 12.3. The van der Waals surface area contributed by atoms with E-state index in [4.69, 9.17) is 4.74 Å². The number of amides is 1. The van der Waals surface area contributed by atoms with Gasteiger partial charge < -0.3 is 14.6 Å². The minimum atomic E-state index is 0.0737. The number of nitrogens with one attached hydrogen (secondary N) is 1. The van der Waals surface area contributed by atoms with Gasteiger partial charge in [0.2, 0.25) is 5.91 Å². The molecule has 148 valence electrons. The van der Waals surface area contributed by atoms with Crippen LogP contribution in [0.25, 0.3) is 10.2 Å². The van der Waals surface area contributed by atoms with Gasteiger partial charge in [-0.3, -0.25) is 4.79 Å². The zero-order chi connectivity index (χ0) is 19.3. The monoisotopic (exact) mass is 398 g/mol. The van der Waals surface area contributed by atoms with Crippen molar-refractivity contribution in [1.29, 1.82) is 0 Å². The number of aromatic nitrogens is 3. The normalized spacial score (nSPS) is 15.2.